The molecule has 45 heavy (non-hydrogen) atoms. The zero-order valence-corrected chi connectivity index (χ0v) is 25.1. The number of hydrogen-bond donors (Lipinski definition) is 3. The summed E-state index contributed by atoms with van der Waals surface area (Å²) in [5.41, 5.74) is 5.34. The number of fused-ring (bicyclic) bond motifs is 3. The Bertz CT molecular complexity index is 1680. The molecule has 0 saturated carbocycles. The molecule has 2 bridgehead atoms. The number of rotatable bonds is 7. The zero-order chi connectivity index (χ0) is 32.1. The van der Waals surface area contributed by atoms with Gasteiger partial charge in [0.15, 0.2) is 11.5 Å². The molecule has 1 atom stereocenters. The lowest BCUT2D eigenvalue weighted by atomic mass is 9.86. The molecule has 3 aliphatic rings. The number of ether oxygens (including phenoxy) is 2. The number of carbonyl (C=O) groups is 3. The number of anilines is 1. The number of carboxylic acid groups (broad SMARTS) is 2. The quantitative estimate of drug-likeness (QED) is 0.242. The lowest BCUT2D eigenvalue weighted by molar-refractivity contribution is -0.159. The Kier molecular flexibility index (Phi) is 9.43. The molecular formula is C33H34N4O8. The van der Waals surface area contributed by atoms with Crippen LogP contribution in [0.4, 0.5) is 5.69 Å². The molecule has 3 aromatic carbocycles. The monoisotopic (exact) mass is 614 g/mol. The summed E-state index contributed by atoms with van der Waals surface area (Å²) in [4.78, 5) is 38.0. The van der Waals surface area contributed by atoms with Gasteiger partial charge in [0.25, 0.3) is 5.91 Å². The number of hydrogen-bond acceptors (Lipinski definition) is 9. The Hall–Kier alpha value is -5.23. The van der Waals surface area contributed by atoms with Crippen molar-refractivity contribution in [1.82, 2.24) is 15.0 Å². The first-order valence-corrected chi connectivity index (χ1v) is 14.5. The van der Waals surface area contributed by atoms with Crippen LogP contribution in [0.3, 0.4) is 0 Å². The standard InChI is InChI=1S/C31H32N4O4.C2H2O4/c1-19-16-24(30-32-20(2)39-34-30)8-10-26(19)21-4-6-23(7-5-21)31(36)33-25-9-11-27(37-3)28(17-25)38-29-18-35-14-12-22(29)13-15-35;3-1(4)2(5)6/h4-11,16-17,22,29H,12-15,18H2,1-3H3,(H,33,36);(H,3,4)(H,5,6). The number of carboxylic acids is 2. The van der Waals surface area contributed by atoms with E-state index in [0.717, 1.165) is 41.9 Å². The summed E-state index contributed by atoms with van der Waals surface area (Å²) in [6, 6.07) is 19.2. The van der Waals surface area contributed by atoms with Crippen LogP contribution in [-0.2, 0) is 9.59 Å². The van der Waals surface area contributed by atoms with Crippen molar-refractivity contribution in [2.24, 2.45) is 5.92 Å². The van der Waals surface area contributed by atoms with Crippen LogP contribution in [0, 0.1) is 19.8 Å². The average molecular weight is 615 g/mol. The number of methoxy groups -OCH3 is 1. The molecule has 1 aromatic heterocycles. The minimum atomic E-state index is -1.82. The maximum Gasteiger partial charge on any atom is 0.414 e. The fourth-order valence-corrected chi connectivity index (χ4v) is 5.60. The van der Waals surface area contributed by atoms with Crippen LogP contribution >= 0.6 is 0 Å². The van der Waals surface area contributed by atoms with Crippen molar-refractivity contribution < 1.29 is 38.6 Å². The van der Waals surface area contributed by atoms with Crippen LogP contribution in [0.15, 0.2) is 65.2 Å². The highest BCUT2D eigenvalue weighted by molar-refractivity contribution is 6.27. The third kappa shape index (κ3) is 7.47. The molecule has 4 aromatic rings. The first kappa shape index (κ1) is 31.2. The van der Waals surface area contributed by atoms with Crippen molar-refractivity contribution in [2.75, 3.05) is 32.1 Å². The largest absolute Gasteiger partial charge is 0.493 e. The average Bonchev–Trinajstić information content (AvgIpc) is 3.48. The third-order valence-electron chi connectivity index (χ3n) is 7.95. The molecule has 1 amide bonds. The maximum atomic E-state index is 13.1. The van der Waals surface area contributed by atoms with E-state index < -0.39 is 11.9 Å². The van der Waals surface area contributed by atoms with Gasteiger partial charge in [-0.05, 0) is 85.8 Å². The molecule has 12 nitrogen and oxygen atoms in total. The van der Waals surface area contributed by atoms with E-state index in [9.17, 15) is 4.79 Å². The molecule has 3 saturated heterocycles. The molecule has 3 aliphatic heterocycles. The molecule has 7 rings (SSSR count). The molecule has 0 radical (unpaired) electrons. The van der Waals surface area contributed by atoms with E-state index >= 15 is 0 Å². The van der Waals surface area contributed by atoms with E-state index in [2.05, 4.69) is 20.4 Å². The predicted octanol–water partition coefficient (Wildman–Crippen LogP) is 4.91. The van der Waals surface area contributed by atoms with Crippen molar-refractivity contribution in [3.63, 3.8) is 0 Å². The van der Waals surface area contributed by atoms with Gasteiger partial charge in [-0.25, -0.2) is 9.59 Å². The van der Waals surface area contributed by atoms with E-state index in [1.807, 2.05) is 67.6 Å². The Morgan fingerprint density at radius 3 is 2.16 bits per heavy atom. The first-order chi connectivity index (χ1) is 21.6. The smallest absolute Gasteiger partial charge is 0.414 e. The van der Waals surface area contributed by atoms with E-state index in [0.29, 0.717) is 40.4 Å². The third-order valence-corrected chi connectivity index (χ3v) is 7.95. The maximum absolute atomic E-state index is 13.1. The Labute approximate surface area is 259 Å². The normalized spacial score (nSPS) is 18.3. The van der Waals surface area contributed by atoms with Crippen molar-refractivity contribution in [3.05, 3.63) is 77.7 Å². The van der Waals surface area contributed by atoms with Gasteiger partial charge < -0.3 is 29.5 Å². The minimum Gasteiger partial charge on any atom is -0.493 e. The number of carbonyl (C=O) groups excluding carboxylic acids is 1. The topological polar surface area (TPSA) is 164 Å². The van der Waals surface area contributed by atoms with Crippen LogP contribution < -0.4 is 14.8 Å². The number of aromatic nitrogens is 2. The highest BCUT2D eigenvalue weighted by Gasteiger charge is 2.36. The lowest BCUT2D eigenvalue weighted by Gasteiger charge is -2.44. The van der Waals surface area contributed by atoms with Crippen LogP contribution in [0.25, 0.3) is 22.5 Å². The minimum absolute atomic E-state index is 0.147. The summed E-state index contributed by atoms with van der Waals surface area (Å²) in [6.45, 7) is 7.07. The van der Waals surface area contributed by atoms with Crippen LogP contribution in [0.2, 0.25) is 0 Å². The number of nitrogens with one attached hydrogen (secondary N) is 1. The van der Waals surface area contributed by atoms with E-state index in [1.165, 1.54) is 12.8 Å². The zero-order valence-electron chi connectivity index (χ0n) is 25.1. The Morgan fingerprint density at radius 2 is 1.60 bits per heavy atom. The van der Waals surface area contributed by atoms with Gasteiger partial charge in [0.05, 0.1) is 7.11 Å². The summed E-state index contributed by atoms with van der Waals surface area (Å²) in [5.74, 6) is -0.813. The van der Waals surface area contributed by atoms with Crippen LogP contribution in [-0.4, -0.2) is 75.9 Å². The first-order valence-electron chi connectivity index (χ1n) is 14.5. The fraction of sp³-hybridized carbons (Fsp3) is 0.303. The van der Waals surface area contributed by atoms with Gasteiger partial charge in [0.1, 0.15) is 6.10 Å². The highest BCUT2D eigenvalue weighted by Crippen LogP contribution is 2.36. The van der Waals surface area contributed by atoms with E-state index in [4.69, 9.17) is 33.8 Å². The molecular weight excluding hydrogens is 580 g/mol. The van der Waals surface area contributed by atoms with Crippen molar-refractivity contribution in [2.45, 2.75) is 32.8 Å². The molecule has 3 N–H and O–H groups in total. The summed E-state index contributed by atoms with van der Waals surface area (Å²) < 4.78 is 17.1. The molecule has 0 spiro atoms. The number of nitrogens with zero attached hydrogens (tertiary/aromatic N) is 3. The number of aliphatic carboxylic acids is 2. The second kappa shape index (κ2) is 13.6. The molecule has 3 fully saturated rings. The fourth-order valence-electron chi connectivity index (χ4n) is 5.60. The lowest BCUT2D eigenvalue weighted by Crippen LogP contribution is -2.52. The number of aryl methyl sites for hydroxylation is 2. The molecule has 0 aliphatic carbocycles. The van der Waals surface area contributed by atoms with Gasteiger partial charge in [0, 0.05) is 36.3 Å². The van der Waals surface area contributed by atoms with Crippen LogP contribution in [0.5, 0.6) is 11.5 Å². The second-order valence-corrected chi connectivity index (χ2v) is 11.0. The van der Waals surface area contributed by atoms with E-state index in [-0.39, 0.29) is 12.0 Å². The number of piperidine rings is 3. The summed E-state index contributed by atoms with van der Waals surface area (Å²) in [7, 11) is 1.64. The van der Waals surface area contributed by atoms with Gasteiger partial charge in [-0.15, -0.1) is 0 Å². The molecule has 1 unspecified atom stereocenters. The van der Waals surface area contributed by atoms with Crippen LogP contribution in [0.1, 0.15) is 34.7 Å². The predicted molar refractivity (Wildman–Crippen MR) is 164 cm³/mol. The van der Waals surface area contributed by atoms with Crippen molar-refractivity contribution >= 4 is 23.5 Å². The summed E-state index contributed by atoms with van der Waals surface area (Å²) in [6.07, 6.45) is 2.48. The van der Waals surface area contributed by atoms with Gasteiger partial charge in [-0.1, -0.05) is 29.4 Å². The van der Waals surface area contributed by atoms with Gasteiger partial charge in [-0.3, -0.25) is 9.69 Å². The van der Waals surface area contributed by atoms with Crippen molar-refractivity contribution in [1.29, 1.82) is 0 Å². The Balaban J connectivity index is 0.000000609. The van der Waals surface area contributed by atoms with Crippen molar-refractivity contribution in [3.8, 4) is 34.0 Å². The van der Waals surface area contributed by atoms with E-state index in [1.54, 1.807) is 14.0 Å². The second-order valence-electron chi connectivity index (χ2n) is 11.0. The number of benzene rings is 3. The summed E-state index contributed by atoms with van der Waals surface area (Å²) in [5, 5.41) is 21.8. The SMILES string of the molecule is COc1ccc(NC(=O)c2ccc(-c3ccc(-c4noc(C)n4)cc3C)cc2)cc1OC1CN2CCC1CC2.O=C(O)C(=O)O. The van der Waals surface area contributed by atoms with Gasteiger partial charge in [0.2, 0.25) is 11.7 Å². The molecule has 4 heterocycles. The van der Waals surface area contributed by atoms with Gasteiger partial charge >= 0.3 is 11.9 Å². The summed E-state index contributed by atoms with van der Waals surface area (Å²) >= 11 is 0. The highest BCUT2D eigenvalue weighted by atomic mass is 16.5. The number of amides is 1. The molecule has 234 valence electrons. The molecule has 12 heteroatoms. The Morgan fingerprint density at radius 1 is 0.911 bits per heavy atom. The van der Waals surface area contributed by atoms with Gasteiger partial charge in [-0.2, -0.15) is 4.98 Å².